The van der Waals surface area contributed by atoms with Gasteiger partial charge in [0.2, 0.25) is 11.0 Å². The van der Waals surface area contributed by atoms with E-state index in [1.165, 1.54) is 23.1 Å². The summed E-state index contributed by atoms with van der Waals surface area (Å²) >= 11 is 6.25. The molecule has 0 radical (unpaired) electrons. The molecule has 2 aromatic carbocycles. The van der Waals surface area contributed by atoms with Crippen molar-refractivity contribution >= 4 is 61.4 Å². The van der Waals surface area contributed by atoms with Crippen LogP contribution in [0, 0.1) is 6.92 Å². The highest BCUT2D eigenvalue weighted by Gasteiger charge is 2.11. The zero-order valence-corrected chi connectivity index (χ0v) is 18.2. The average molecular weight is 463 g/mol. The summed E-state index contributed by atoms with van der Waals surface area (Å²) in [6.45, 7) is 4.09. The van der Waals surface area contributed by atoms with Crippen molar-refractivity contribution in [3.63, 3.8) is 0 Å². The van der Waals surface area contributed by atoms with Gasteiger partial charge >= 0.3 is 0 Å². The highest BCUT2D eigenvalue weighted by Crippen LogP contribution is 2.29. The van der Waals surface area contributed by atoms with Gasteiger partial charge in [0.25, 0.3) is 0 Å². The number of hydrogen-bond donors (Lipinski definition) is 2. The zero-order chi connectivity index (χ0) is 19.2. The van der Waals surface area contributed by atoms with Crippen molar-refractivity contribution in [2.24, 2.45) is 0 Å². The SMILES string of the molecule is CCc1cccc(C)c1NC(=O)CSc1nnc(Nc2cccc(Br)c2)s1. The number of anilines is 3. The number of nitrogens with zero attached hydrogens (tertiary/aromatic N) is 2. The van der Waals surface area contributed by atoms with Crippen molar-refractivity contribution in [2.45, 2.75) is 24.6 Å². The number of hydrogen-bond acceptors (Lipinski definition) is 6. The quantitative estimate of drug-likeness (QED) is 0.444. The summed E-state index contributed by atoms with van der Waals surface area (Å²) < 4.78 is 1.74. The first-order valence-corrected chi connectivity index (χ1v) is 11.0. The van der Waals surface area contributed by atoms with Crippen molar-refractivity contribution in [2.75, 3.05) is 16.4 Å². The van der Waals surface area contributed by atoms with Crippen LogP contribution in [0.15, 0.2) is 51.3 Å². The van der Waals surface area contributed by atoms with E-state index in [9.17, 15) is 4.79 Å². The van der Waals surface area contributed by atoms with Crippen LogP contribution in [0.2, 0.25) is 0 Å². The Morgan fingerprint density at radius 2 is 2.04 bits per heavy atom. The van der Waals surface area contributed by atoms with Gasteiger partial charge < -0.3 is 10.6 Å². The number of carbonyl (C=O) groups is 1. The second kappa shape index (κ2) is 9.34. The number of benzene rings is 2. The molecule has 0 aliphatic heterocycles. The van der Waals surface area contributed by atoms with E-state index in [1.54, 1.807) is 0 Å². The first-order valence-electron chi connectivity index (χ1n) is 8.42. The molecule has 0 saturated carbocycles. The van der Waals surface area contributed by atoms with E-state index in [0.29, 0.717) is 10.9 Å². The largest absolute Gasteiger partial charge is 0.330 e. The summed E-state index contributed by atoms with van der Waals surface area (Å²) in [7, 11) is 0. The molecule has 5 nitrogen and oxygen atoms in total. The molecule has 8 heteroatoms. The molecule has 140 valence electrons. The maximum absolute atomic E-state index is 12.3. The summed E-state index contributed by atoms with van der Waals surface area (Å²) in [5.74, 6) is 0.254. The lowest BCUT2D eigenvalue weighted by Gasteiger charge is -2.12. The minimum Gasteiger partial charge on any atom is -0.330 e. The second-order valence-corrected chi connectivity index (χ2v) is 8.92. The van der Waals surface area contributed by atoms with Crippen molar-refractivity contribution in [3.05, 3.63) is 58.1 Å². The van der Waals surface area contributed by atoms with E-state index < -0.39 is 0 Å². The molecular formula is C19H19BrN4OS2. The van der Waals surface area contributed by atoms with Crippen LogP contribution in [0.4, 0.5) is 16.5 Å². The van der Waals surface area contributed by atoms with Gasteiger partial charge in [-0.2, -0.15) is 0 Å². The number of rotatable bonds is 7. The monoisotopic (exact) mass is 462 g/mol. The van der Waals surface area contributed by atoms with Crippen LogP contribution >= 0.6 is 39.0 Å². The molecular weight excluding hydrogens is 444 g/mol. The Kier molecular flexibility index (Phi) is 6.87. The lowest BCUT2D eigenvalue weighted by atomic mass is 10.1. The average Bonchev–Trinajstić information content (AvgIpc) is 3.09. The molecule has 0 spiro atoms. The molecule has 2 N–H and O–H groups in total. The summed E-state index contributed by atoms with van der Waals surface area (Å²) in [6, 6.07) is 13.9. The smallest absolute Gasteiger partial charge is 0.234 e. The maximum atomic E-state index is 12.3. The molecule has 3 rings (SSSR count). The van der Waals surface area contributed by atoms with Crippen molar-refractivity contribution in [1.29, 1.82) is 0 Å². The van der Waals surface area contributed by atoms with Gasteiger partial charge in [0.05, 0.1) is 5.75 Å². The van der Waals surface area contributed by atoms with E-state index in [4.69, 9.17) is 0 Å². The Hall–Kier alpha value is -1.90. The lowest BCUT2D eigenvalue weighted by molar-refractivity contribution is -0.113. The molecule has 1 amide bonds. The van der Waals surface area contributed by atoms with Crippen LogP contribution in [0.25, 0.3) is 0 Å². The van der Waals surface area contributed by atoms with Crippen LogP contribution in [-0.2, 0) is 11.2 Å². The highest BCUT2D eigenvalue weighted by atomic mass is 79.9. The van der Waals surface area contributed by atoms with Crippen LogP contribution in [-0.4, -0.2) is 21.9 Å². The number of nitrogens with one attached hydrogen (secondary N) is 2. The molecule has 1 aromatic heterocycles. The number of halogens is 1. The van der Waals surface area contributed by atoms with Gasteiger partial charge in [-0.3, -0.25) is 4.79 Å². The third-order valence-corrected chi connectivity index (χ3v) is 6.28. The predicted octanol–water partition coefficient (Wildman–Crippen LogP) is 5.65. The molecule has 0 unspecified atom stereocenters. The number of aromatic nitrogens is 2. The molecule has 0 atom stereocenters. The Labute approximate surface area is 175 Å². The van der Waals surface area contributed by atoms with E-state index in [2.05, 4.69) is 43.7 Å². The molecule has 0 saturated heterocycles. The topological polar surface area (TPSA) is 66.9 Å². The molecule has 0 aliphatic carbocycles. The van der Waals surface area contributed by atoms with E-state index in [0.717, 1.165) is 37.7 Å². The lowest BCUT2D eigenvalue weighted by Crippen LogP contribution is -2.16. The van der Waals surface area contributed by atoms with Crippen LogP contribution in [0.1, 0.15) is 18.1 Å². The van der Waals surface area contributed by atoms with Crippen molar-refractivity contribution in [1.82, 2.24) is 10.2 Å². The van der Waals surface area contributed by atoms with Gasteiger partial charge in [0.1, 0.15) is 0 Å². The number of amides is 1. The Bertz CT molecular complexity index is 945. The first-order chi connectivity index (χ1) is 13.0. The summed E-state index contributed by atoms with van der Waals surface area (Å²) in [4.78, 5) is 12.3. The normalized spacial score (nSPS) is 10.6. The van der Waals surface area contributed by atoms with Gasteiger partial charge in [-0.15, -0.1) is 10.2 Å². The minimum atomic E-state index is -0.0410. The predicted molar refractivity (Wildman–Crippen MR) is 117 cm³/mol. The molecule has 1 heterocycles. The third kappa shape index (κ3) is 5.54. The van der Waals surface area contributed by atoms with Gasteiger partial charge in [0, 0.05) is 15.8 Å². The maximum Gasteiger partial charge on any atom is 0.234 e. The molecule has 3 aromatic rings. The minimum absolute atomic E-state index is 0.0410. The van der Waals surface area contributed by atoms with E-state index in [1.807, 2.05) is 49.4 Å². The second-order valence-electron chi connectivity index (χ2n) is 5.81. The molecule has 0 fully saturated rings. The third-order valence-electron chi connectivity index (χ3n) is 3.81. The summed E-state index contributed by atoms with van der Waals surface area (Å²) in [5, 5.41) is 15.2. The van der Waals surface area contributed by atoms with Crippen molar-refractivity contribution < 1.29 is 4.79 Å². The van der Waals surface area contributed by atoms with Crippen LogP contribution in [0.5, 0.6) is 0 Å². The Morgan fingerprint density at radius 1 is 1.22 bits per heavy atom. The van der Waals surface area contributed by atoms with Gasteiger partial charge in [0.15, 0.2) is 4.34 Å². The molecule has 27 heavy (non-hydrogen) atoms. The fourth-order valence-electron chi connectivity index (χ4n) is 2.51. The first kappa shape index (κ1) is 19.9. The number of carbonyl (C=O) groups excluding carboxylic acids is 1. The number of para-hydroxylation sites is 1. The van der Waals surface area contributed by atoms with E-state index >= 15 is 0 Å². The van der Waals surface area contributed by atoms with Gasteiger partial charge in [-0.1, -0.05) is 70.2 Å². The molecule has 0 aliphatic rings. The van der Waals surface area contributed by atoms with Crippen LogP contribution in [0.3, 0.4) is 0 Å². The molecule has 0 bridgehead atoms. The standard InChI is InChI=1S/C19H19BrN4OS2/c1-3-13-7-4-6-12(2)17(13)22-16(25)11-26-19-24-23-18(27-19)21-15-9-5-8-14(20)10-15/h4-10H,3,11H2,1-2H3,(H,21,23)(H,22,25). The fourth-order valence-corrected chi connectivity index (χ4v) is 4.48. The van der Waals surface area contributed by atoms with Crippen LogP contribution < -0.4 is 10.6 Å². The van der Waals surface area contributed by atoms with Gasteiger partial charge in [-0.25, -0.2) is 0 Å². The number of aryl methyl sites for hydroxylation is 2. The number of thioether (sulfide) groups is 1. The summed E-state index contributed by atoms with van der Waals surface area (Å²) in [6.07, 6.45) is 0.880. The van der Waals surface area contributed by atoms with E-state index in [-0.39, 0.29) is 5.91 Å². The fraction of sp³-hybridized carbons (Fsp3) is 0.211. The Morgan fingerprint density at radius 3 is 2.81 bits per heavy atom. The Balaban J connectivity index is 1.56. The zero-order valence-electron chi connectivity index (χ0n) is 15.0. The summed E-state index contributed by atoms with van der Waals surface area (Å²) in [5.41, 5.74) is 4.07. The van der Waals surface area contributed by atoms with Gasteiger partial charge in [-0.05, 0) is 42.7 Å². The van der Waals surface area contributed by atoms with Crippen molar-refractivity contribution in [3.8, 4) is 0 Å². The highest BCUT2D eigenvalue weighted by molar-refractivity contribution is 9.10.